The van der Waals surface area contributed by atoms with E-state index in [1.54, 1.807) is 17.6 Å². The Morgan fingerprint density at radius 1 is 1.33 bits per heavy atom. The second kappa shape index (κ2) is 6.93. The fourth-order valence-corrected chi connectivity index (χ4v) is 3.12. The number of nitrogens with zero attached hydrogens (tertiary/aromatic N) is 1. The van der Waals surface area contributed by atoms with Crippen LogP contribution in [-0.2, 0) is 6.54 Å². The number of ether oxygens (including phenoxy) is 1. The molecular weight excluding hydrogens is 304 g/mol. The smallest absolute Gasteiger partial charge is 0.274 e. The molecule has 1 atom stereocenters. The Balaban J connectivity index is 1.98. The van der Waals surface area contributed by atoms with E-state index in [1.807, 2.05) is 12.1 Å². The molecule has 126 valence electrons. The maximum Gasteiger partial charge on any atom is 0.274 e. The SMILES string of the molecule is CC[C@H]1COc2cc(C(=O)NO)ccc2CN1c1ccccc1C. The Morgan fingerprint density at radius 2 is 2.12 bits per heavy atom. The number of carbonyl (C=O) groups is 1. The minimum absolute atomic E-state index is 0.258. The van der Waals surface area contributed by atoms with E-state index >= 15 is 0 Å². The molecule has 3 rings (SSSR count). The predicted octanol–water partition coefficient (Wildman–Crippen LogP) is 3.29. The van der Waals surface area contributed by atoms with Gasteiger partial charge >= 0.3 is 0 Å². The third-order valence-electron chi connectivity index (χ3n) is 4.54. The second-order valence-corrected chi connectivity index (χ2v) is 6.05. The lowest BCUT2D eigenvalue weighted by molar-refractivity contribution is 0.0706. The van der Waals surface area contributed by atoms with E-state index in [0.29, 0.717) is 17.9 Å². The van der Waals surface area contributed by atoms with Gasteiger partial charge in [-0.1, -0.05) is 31.2 Å². The Hall–Kier alpha value is -2.53. The van der Waals surface area contributed by atoms with Crippen LogP contribution >= 0.6 is 0 Å². The minimum Gasteiger partial charge on any atom is -0.491 e. The van der Waals surface area contributed by atoms with Gasteiger partial charge in [-0.15, -0.1) is 0 Å². The maximum absolute atomic E-state index is 11.6. The summed E-state index contributed by atoms with van der Waals surface area (Å²) in [5.41, 5.74) is 5.51. The highest BCUT2D eigenvalue weighted by Gasteiger charge is 2.25. The predicted molar refractivity (Wildman–Crippen MR) is 92.6 cm³/mol. The highest BCUT2D eigenvalue weighted by Crippen LogP contribution is 2.32. The lowest BCUT2D eigenvalue weighted by Gasteiger charge is -2.31. The molecule has 0 fully saturated rings. The number of benzene rings is 2. The van der Waals surface area contributed by atoms with Gasteiger partial charge in [0.2, 0.25) is 0 Å². The van der Waals surface area contributed by atoms with Crippen molar-refractivity contribution in [3.05, 3.63) is 59.2 Å². The number of hydroxylamine groups is 1. The highest BCUT2D eigenvalue weighted by atomic mass is 16.5. The molecule has 0 aromatic heterocycles. The van der Waals surface area contributed by atoms with Crippen LogP contribution in [0.15, 0.2) is 42.5 Å². The molecule has 0 spiro atoms. The Morgan fingerprint density at radius 3 is 2.83 bits per heavy atom. The summed E-state index contributed by atoms with van der Waals surface area (Å²) in [6.45, 7) is 5.55. The van der Waals surface area contributed by atoms with Crippen molar-refractivity contribution in [3.63, 3.8) is 0 Å². The fourth-order valence-electron chi connectivity index (χ4n) is 3.12. The van der Waals surface area contributed by atoms with Crippen LogP contribution in [0.5, 0.6) is 5.75 Å². The number of aryl methyl sites for hydroxylation is 1. The molecule has 1 aliphatic rings. The summed E-state index contributed by atoms with van der Waals surface area (Å²) in [5, 5.41) is 8.80. The monoisotopic (exact) mass is 326 g/mol. The first kappa shape index (κ1) is 16.3. The average molecular weight is 326 g/mol. The number of hydrogen-bond donors (Lipinski definition) is 2. The quantitative estimate of drug-likeness (QED) is 0.671. The average Bonchev–Trinajstić information content (AvgIpc) is 2.80. The highest BCUT2D eigenvalue weighted by molar-refractivity contribution is 5.93. The molecule has 2 N–H and O–H groups in total. The first-order chi connectivity index (χ1) is 11.6. The zero-order valence-corrected chi connectivity index (χ0v) is 14.0. The van der Waals surface area contributed by atoms with Gasteiger partial charge in [0, 0.05) is 23.4 Å². The second-order valence-electron chi connectivity index (χ2n) is 6.05. The van der Waals surface area contributed by atoms with Crippen LogP contribution in [0.25, 0.3) is 0 Å². The van der Waals surface area contributed by atoms with Crippen molar-refractivity contribution in [1.82, 2.24) is 5.48 Å². The van der Waals surface area contributed by atoms with Crippen LogP contribution in [0.3, 0.4) is 0 Å². The molecule has 1 heterocycles. The van der Waals surface area contributed by atoms with Crippen molar-refractivity contribution in [1.29, 1.82) is 0 Å². The summed E-state index contributed by atoms with van der Waals surface area (Å²) in [7, 11) is 0. The molecule has 0 saturated carbocycles. The van der Waals surface area contributed by atoms with Crippen LogP contribution in [0, 0.1) is 6.92 Å². The molecule has 1 amide bonds. The molecule has 0 radical (unpaired) electrons. The van der Waals surface area contributed by atoms with Gasteiger partial charge in [0.25, 0.3) is 5.91 Å². The number of nitrogens with one attached hydrogen (secondary N) is 1. The fraction of sp³-hybridized carbons (Fsp3) is 0.316. The first-order valence-electron chi connectivity index (χ1n) is 8.16. The number of anilines is 1. The van der Waals surface area contributed by atoms with Gasteiger partial charge in [-0.05, 0) is 37.1 Å². The van der Waals surface area contributed by atoms with Crippen LogP contribution in [-0.4, -0.2) is 23.8 Å². The lowest BCUT2D eigenvalue weighted by atomic mass is 10.1. The molecule has 2 aromatic carbocycles. The molecule has 0 unspecified atom stereocenters. The third-order valence-corrected chi connectivity index (χ3v) is 4.54. The first-order valence-corrected chi connectivity index (χ1v) is 8.16. The zero-order valence-electron chi connectivity index (χ0n) is 14.0. The van der Waals surface area contributed by atoms with Crippen molar-refractivity contribution < 1.29 is 14.7 Å². The van der Waals surface area contributed by atoms with Gasteiger partial charge < -0.3 is 9.64 Å². The van der Waals surface area contributed by atoms with Crippen LogP contribution in [0.4, 0.5) is 5.69 Å². The van der Waals surface area contributed by atoms with E-state index in [4.69, 9.17) is 9.94 Å². The largest absolute Gasteiger partial charge is 0.491 e. The van der Waals surface area contributed by atoms with E-state index in [-0.39, 0.29) is 6.04 Å². The van der Waals surface area contributed by atoms with Gasteiger partial charge in [0.1, 0.15) is 12.4 Å². The van der Waals surface area contributed by atoms with E-state index < -0.39 is 5.91 Å². The molecule has 2 aromatic rings. The molecule has 5 nitrogen and oxygen atoms in total. The van der Waals surface area contributed by atoms with Gasteiger partial charge in [-0.3, -0.25) is 10.0 Å². The van der Waals surface area contributed by atoms with E-state index in [1.165, 1.54) is 11.3 Å². The summed E-state index contributed by atoms with van der Waals surface area (Å²) in [6.07, 6.45) is 0.965. The number of fused-ring (bicyclic) bond motifs is 1. The summed E-state index contributed by atoms with van der Waals surface area (Å²) >= 11 is 0. The molecule has 0 bridgehead atoms. The Bertz CT molecular complexity index is 745. The Labute approximate surface area is 141 Å². The number of rotatable bonds is 3. The van der Waals surface area contributed by atoms with Gasteiger partial charge in [0.15, 0.2) is 0 Å². The summed E-state index contributed by atoms with van der Waals surface area (Å²) in [4.78, 5) is 14.0. The van der Waals surface area contributed by atoms with Crippen molar-refractivity contribution >= 4 is 11.6 Å². The molecule has 24 heavy (non-hydrogen) atoms. The molecular formula is C19H22N2O3. The van der Waals surface area contributed by atoms with Gasteiger partial charge in [0.05, 0.1) is 6.04 Å². The standard InChI is InChI=1S/C19H22N2O3/c1-3-16-12-24-18-10-14(19(22)20-23)8-9-15(18)11-21(16)17-7-5-4-6-13(17)2/h4-10,16,23H,3,11-12H2,1-2H3,(H,20,22)/t16-/m0/s1. The molecule has 1 aliphatic heterocycles. The normalized spacial score (nSPS) is 16.8. The molecule has 0 saturated heterocycles. The van der Waals surface area contributed by atoms with Crippen LogP contribution in [0.2, 0.25) is 0 Å². The van der Waals surface area contributed by atoms with E-state index in [0.717, 1.165) is 18.5 Å². The lowest BCUT2D eigenvalue weighted by Crippen LogP contribution is -2.37. The third kappa shape index (κ3) is 3.08. The maximum atomic E-state index is 11.6. The summed E-state index contributed by atoms with van der Waals surface area (Å²) in [6, 6.07) is 13.9. The summed E-state index contributed by atoms with van der Waals surface area (Å²) in [5.74, 6) is 0.166. The van der Waals surface area contributed by atoms with Gasteiger partial charge in [-0.25, -0.2) is 5.48 Å². The van der Waals surface area contributed by atoms with Crippen LogP contribution in [0.1, 0.15) is 34.8 Å². The topological polar surface area (TPSA) is 61.8 Å². The zero-order chi connectivity index (χ0) is 17.1. The van der Waals surface area contributed by atoms with E-state index in [9.17, 15) is 4.79 Å². The molecule has 0 aliphatic carbocycles. The summed E-state index contributed by atoms with van der Waals surface area (Å²) < 4.78 is 5.98. The number of hydrogen-bond acceptors (Lipinski definition) is 4. The van der Waals surface area contributed by atoms with Gasteiger partial charge in [-0.2, -0.15) is 0 Å². The van der Waals surface area contributed by atoms with Crippen molar-refractivity contribution in [2.45, 2.75) is 32.9 Å². The van der Waals surface area contributed by atoms with Crippen molar-refractivity contribution in [2.75, 3.05) is 11.5 Å². The number of carbonyl (C=O) groups excluding carboxylic acids is 1. The molecule has 5 heteroatoms. The van der Waals surface area contributed by atoms with Crippen molar-refractivity contribution in [2.24, 2.45) is 0 Å². The van der Waals surface area contributed by atoms with Crippen LogP contribution < -0.4 is 15.1 Å². The Kier molecular flexibility index (Phi) is 4.71. The van der Waals surface area contributed by atoms with Crippen molar-refractivity contribution in [3.8, 4) is 5.75 Å². The van der Waals surface area contributed by atoms with E-state index in [2.05, 4.69) is 36.9 Å². The number of amides is 1. The minimum atomic E-state index is -0.534. The number of para-hydroxylation sites is 1.